The van der Waals surface area contributed by atoms with Crippen molar-refractivity contribution in [3.8, 4) is 0 Å². The standard InChI is InChI=1S/C15H24N2O2S/c1-5-15(3,14(18)19-4)17(8-12-6-7-12)9-13-16-11(2)10-20-13/h10,12H,5-9H2,1-4H3. The Morgan fingerprint density at radius 3 is 2.75 bits per heavy atom. The highest BCUT2D eigenvalue weighted by molar-refractivity contribution is 7.09. The molecule has 1 fully saturated rings. The van der Waals surface area contributed by atoms with E-state index in [9.17, 15) is 4.79 Å². The Balaban J connectivity index is 2.18. The minimum absolute atomic E-state index is 0.145. The van der Waals surface area contributed by atoms with Gasteiger partial charge in [-0.1, -0.05) is 6.92 Å². The summed E-state index contributed by atoms with van der Waals surface area (Å²) in [6, 6.07) is 0. The number of nitrogens with zero attached hydrogens (tertiary/aromatic N) is 2. The van der Waals surface area contributed by atoms with E-state index in [-0.39, 0.29) is 5.97 Å². The number of methoxy groups -OCH3 is 1. The van der Waals surface area contributed by atoms with Crippen LogP contribution in [0.25, 0.3) is 0 Å². The highest BCUT2D eigenvalue weighted by atomic mass is 32.1. The van der Waals surface area contributed by atoms with Gasteiger partial charge in [0.05, 0.1) is 13.7 Å². The second-order valence-electron chi connectivity index (χ2n) is 5.83. The first-order valence-electron chi connectivity index (χ1n) is 7.24. The molecule has 1 aromatic heterocycles. The topological polar surface area (TPSA) is 42.4 Å². The van der Waals surface area contributed by atoms with Gasteiger partial charge in [0, 0.05) is 17.6 Å². The Kier molecular flexibility index (Phi) is 4.81. The van der Waals surface area contributed by atoms with E-state index in [0.29, 0.717) is 0 Å². The molecule has 4 nitrogen and oxygen atoms in total. The average molecular weight is 296 g/mol. The third kappa shape index (κ3) is 3.38. The average Bonchev–Trinajstić information content (AvgIpc) is 3.17. The van der Waals surface area contributed by atoms with E-state index in [0.717, 1.165) is 36.1 Å². The van der Waals surface area contributed by atoms with Gasteiger partial charge in [-0.2, -0.15) is 0 Å². The molecule has 1 saturated carbocycles. The number of aromatic nitrogens is 1. The Labute approximate surface area is 125 Å². The summed E-state index contributed by atoms with van der Waals surface area (Å²) < 4.78 is 5.03. The van der Waals surface area contributed by atoms with E-state index < -0.39 is 5.54 Å². The number of ether oxygens (including phenoxy) is 1. The molecule has 1 aliphatic carbocycles. The maximum atomic E-state index is 12.2. The zero-order valence-electron chi connectivity index (χ0n) is 12.8. The molecule has 1 heterocycles. The summed E-state index contributed by atoms with van der Waals surface area (Å²) in [5.41, 5.74) is 0.490. The first-order valence-corrected chi connectivity index (χ1v) is 8.12. The van der Waals surface area contributed by atoms with Crippen LogP contribution < -0.4 is 0 Å². The van der Waals surface area contributed by atoms with Gasteiger partial charge in [-0.05, 0) is 39.0 Å². The summed E-state index contributed by atoms with van der Waals surface area (Å²) in [6.07, 6.45) is 3.29. The molecule has 0 bridgehead atoms. The zero-order chi connectivity index (χ0) is 14.8. The third-order valence-corrected chi connectivity index (χ3v) is 5.13. The summed E-state index contributed by atoms with van der Waals surface area (Å²) in [7, 11) is 1.47. The number of carbonyl (C=O) groups is 1. The number of carbonyl (C=O) groups excluding carboxylic acids is 1. The van der Waals surface area contributed by atoms with Gasteiger partial charge in [0.15, 0.2) is 0 Å². The molecule has 1 aliphatic rings. The van der Waals surface area contributed by atoms with Gasteiger partial charge in [-0.3, -0.25) is 9.69 Å². The number of hydrogen-bond donors (Lipinski definition) is 0. The second kappa shape index (κ2) is 6.22. The summed E-state index contributed by atoms with van der Waals surface area (Å²) in [5.74, 6) is 0.584. The van der Waals surface area contributed by atoms with Gasteiger partial charge in [-0.25, -0.2) is 4.98 Å². The number of esters is 1. The largest absolute Gasteiger partial charge is 0.468 e. The molecule has 1 aromatic rings. The fourth-order valence-corrected chi connectivity index (χ4v) is 3.19. The van der Waals surface area contributed by atoms with E-state index in [1.807, 2.05) is 20.8 Å². The van der Waals surface area contributed by atoms with Crippen LogP contribution in [-0.2, 0) is 16.1 Å². The van der Waals surface area contributed by atoms with Gasteiger partial charge in [0.1, 0.15) is 10.5 Å². The molecule has 0 aliphatic heterocycles. The fraction of sp³-hybridized carbons (Fsp3) is 0.733. The van der Waals surface area contributed by atoms with Gasteiger partial charge in [-0.15, -0.1) is 11.3 Å². The van der Waals surface area contributed by atoms with E-state index in [2.05, 4.69) is 15.3 Å². The molecule has 112 valence electrons. The van der Waals surface area contributed by atoms with Crippen LogP contribution >= 0.6 is 11.3 Å². The predicted molar refractivity (Wildman–Crippen MR) is 80.7 cm³/mol. The fourth-order valence-electron chi connectivity index (χ4n) is 2.41. The molecule has 0 saturated heterocycles. The summed E-state index contributed by atoms with van der Waals surface area (Å²) in [4.78, 5) is 19.0. The Bertz CT molecular complexity index is 470. The van der Waals surface area contributed by atoms with E-state index in [4.69, 9.17) is 4.74 Å². The number of rotatable bonds is 7. The summed E-state index contributed by atoms with van der Waals surface area (Å²) in [5, 5.41) is 3.14. The van der Waals surface area contributed by atoms with Crippen LogP contribution in [0.2, 0.25) is 0 Å². The Morgan fingerprint density at radius 1 is 1.60 bits per heavy atom. The minimum atomic E-state index is -0.559. The van der Waals surface area contributed by atoms with Crippen LogP contribution in [0.4, 0.5) is 0 Å². The van der Waals surface area contributed by atoms with E-state index in [1.165, 1.54) is 20.0 Å². The third-order valence-electron chi connectivity index (χ3n) is 4.18. The van der Waals surface area contributed by atoms with Crippen molar-refractivity contribution in [3.63, 3.8) is 0 Å². The SMILES string of the molecule is CCC(C)(C(=O)OC)N(Cc1nc(C)cs1)CC1CC1. The Hall–Kier alpha value is -0.940. The molecule has 5 heteroatoms. The molecule has 2 rings (SSSR count). The van der Waals surface area contributed by atoms with Gasteiger partial charge in [0.2, 0.25) is 0 Å². The molecule has 0 aromatic carbocycles. The minimum Gasteiger partial charge on any atom is -0.468 e. The smallest absolute Gasteiger partial charge is 0.325 e. The lowest BCUT2D eigenvalue weighted by molar-refractivity contribution is -0.155. The number of aryl methyl sites for hydroxylation is 1. The van der Waals surface area contributed by atoms with Crippen molar-refractivity contribution in [3.05, 3.63) is 16.1 Å². The lowest BCUT2D eigenvalue weighted by Gasteiger charge is -2.38. The number of hydrogen-bond acceptors (Lipinski definition) is 5. The predicted octanol–water partition coefficient (Wildman–Crippen LogP) is 3.01. The van der Waals surface area contributed by atoms with Gasteiger partial charge < -0.3 is 4.74 Å². The van der Waals surface area contributed by atoms with Crippen molar-refractivity contribution < 1.29 is 9.53 Å². The van der Waals surface area contributed by atoms with Crippen molar-refractivity contribution >= 4 is 17.3 Å². The van der Waals surface area contributed by atoms with Crippen molar-refractivity contribution in [1.82, 2.24) is 9.88 Å². The van der Waals surface area contributed by atoms with Crippen LogP contribution in [-0.4, -0.2) is 35.0 Å². The molecule has 0 spiro atoms. The maximum Gasteiger partial charge on any atom is 0.325 e. The van der Waals surface area contributed by atoms with Crippen molar-refractivity contribution in [2.45, 2.75) is 52.1 Å². The molecule has 0 N–H and O–H groups in total. The monoisotopic (exact) mass is 296 g/mol. The Morgan fingerprint density at radius 2 is 2.30 bits per heavy atom. The lowest BCUT2D eigenvalue weighted by atomic mass is 9.95. The highest BCUT2D eigenvalue weighted by Crippen LogP contribution is 2.34. The molecular formula is C15H24N2O2S. The molecule has 0 radical (unpaired) electrons. The lowest BCUT2D eigenvalue weighted by Crippen LogP contribution is -2.53. The van der Waals surface area contributed by atoms with E-state index >= 15 is 0 Å². The second-order valence-corrected chi connectivity index (χ2v) is 6.77. The zero-order valence-corrected chi connectivity index (χ0v) is 13.6. The van der Waals surface area contributed by atoms with Crippen LogP contribution in [0.3, 0.4) is 0 Å². The summed E-state index contributed by atoms with van der Waals surface area (Å²) in [6.45, 7) is 7.72. The van der Waals surface area contributed by atoms with Crippen LogP contribution in [0.1, 0.15) is 43.8 Å². The number of thiazole rings is 1. The first kappa shape index (κ1) is 15.4. The summed E-state index contributed by atoms with van der Waals surface area (Å²) >= 11 is 1.67. The van der Waals surface area contributed by atoms with Crippen molar-refractivity contribution in [2.24, 2.45) is 5.92 Å². The molecular weight excluding hydrogens is 272 g/mol. The molecule has 1 unspecified atom stereocenters. The molecule has 1 atom stereocenters. The normalized spacial score (nSPS) is 18.1. The van der Waals surface area contributed by atoms with Crippen molar-refractivity contribution in [2.75, 3.05) is 13.7 Å². The molecule has 0 amide bonds. The first-order chi connectivity index (χ1) is 9.49. The van der Waals surface area contributed by atoms with E-state index in [1.54, 1.807) is 11.3 Å². The highest BCUT2D eigenvalue weighted by Gasteiger charge is 2.41. The van der Waals surface area contributed by atoms with Crippen LogP contribution in [0, 0.1) is 12.8 Å². The maximum absolute atomic E-state index is 12.2. The van der Waals surface area contributed by atoms with Crippen LogP contribution in [0.5, 0.6) is 0 Å². The van der Waals surface area contributed by atoms with Crippen molar-refractivity contribution in [1.29, 1.82) is 0 Å². The van der Waals surface area contributed by atoms with Gasteiger partial charge >= 0.3 is 5.97 Å². The van der Waals surface area contributed by atoms with Gasteiger partial charge in [0.25, 0.3) is 0 Å². The van der Waals surface area contributed by atoms with Crippen LogP contribution in [0.15, 0.2) is 5.38 Å². The molecule has 20 heavy (non-hydrogen) atoms. The quantitative estimate of drug-likeness (QED) is 0.725.